The first-order valence-electron chi connectivity index (χ1n) is 5.03. The summed E-state index contributed by atoms with van der Waals surface area (Å²) in [5, 5.41) is 6.24. The third-order valence-electron chi connectivity index (χ3n) is 2.48. The zero-order valence-corrected chi connectivity index (χ0v) is 10.5. The van der Waals surface area contributed by atoms with Gasteiger partial charge in [0.25, 0.3) is 5.91 Å². The van der Waals surface area contributed by atoms with Crippen molar-refractivity contribution < 1.29 is 4.79 Å². The lowest BCUT2D eigenvalue weighted by Crippen LogP contribution is -2.36. The number of halogens is 1. The highest BCUT2D eigenvalue weighted by molar-refractivity contribution is 14.1. The molecule has 3 nitrogen and oxygen atoms in total. The van der Waals surface area contributed by atoms with E-state index in [2.05, 4.69) is 33.2 Å². The van der Waals surface area contributed by atoms with Gasteiger partial charge in [0.1, 0.15) is 0 Å². The van der Waals surface area contributed by atoms with Gasteiger partial charge in [0, 0.05) is 21.7 Å². The van der Waals surface area contributed by atoms with E-state index in [1.54, 1.807) is 0 Å². The average Bonchev–Trinajstić information content (AvgIpc) is 2.70. The van der Waals surface area contributed by atoms with Crippen molar-refractivity contribution >= 4 is 28.5 Å². The minimum atomic E-state index is 0.0298. The molecule has 0 spiro atoms. The summed E-state index contributed by atoms with van der Waals surface area (Å²) in [7, 11) is 0. The molecule has 0 unspecified atom stereocenters. The van der Waals surface area contributed by atoms with Crippen molar-refractivity contribution in [2.24, 2.45) is 0 Å². The molecule has 0 bridgehead atoms. The maximum Gasteiger partial charge on any atom is 0.251 e. The molecule has 2 N–H and O–H groups in total. The monoisotopic (exact) mass is 316 g/mol. The van der Waals surface area contributed by atoms with E-state index < -0.39 is 0 Å². The summed E-state index contributed by atoms with van der Waals surface area (Å²) < 4.78 is 1.09. The minimum absolute atomic E-state index is 0.0298. The maximum atomic E-state index is 11.8. The van der Waals surface area contributed by atoms with Gasteiger partial charge in [0.15, 0.2) is 0 Å². The fourth-order valence-corrected chi connectivity index (χ4v) is 2.22. The fraction of sp³-hybridized carbons (Fsp3) is 0.364. The number of hydrogen-bond acceptors (Lipinski definition) is 2. The molecule has 1 aliphatic heterocycles. The Balaban J connectivity index is 2.01. The average molecular weight is 316 g/mol. The lowest BCUT2D eigenvalue weighted by atomic mass is 10.2. The Hall–Kier alpha value is -0.620. The number of carbonyl (C=O) groups is 1. The van der Waals surface area contributed by atoms with Crippen molar-refractivity contribution in [3.8, 4) is 0 Å². The topological polar surface area (TPSA) is 41.1 Å². The van der Waals surface area contributed by atoms with E-state index in [4.69, 9.17) is 0 Å². The zero-order chi connectivity index (χ0) is 10.7. The summed E-state index contributed by atoms with van der Waals surface area (Å²) in [5.74, 6) is 0.0298. The second-order valence-electron chi connectivity index (χ2n) is 3.67. The number of nitrogens with one attached hydrogen (secondary N) is 2. The van der Waals surface area contributed by atoms with Crippen molar-refractivity contribution in [1.82, 2.24) is 10.6 Å². The summed E-state index contributed by atoms with van der Waals surface area (Å²) >= 11 is 2.21. The van der Waals surface area contributed by atoms with E-state index in [9.17, 15) is 4.79 Å². The standard InChI is InChI=1S/C11H13IN2O/c12-9-3-1-2-8(6-9)11(15)14-10-4-5-13-7-10/h1-3,6,10,13H,4-5,7H2,(H,14,15)/t10-/m0/s1. The van der Waals surface area contributed by atoms with E-state index >= 15 is 0 Å². The number of hydrogen-bond donors (Lipinski definition) is 2. The lowest BCUT2D eigenvalue weighted by Gasteiger charge is -2.11. The van der Waals surface area contributed by atoms with E-state index in [0.717, 1.165) is 28.6 Å². The van der Waals surface area contributed by atoms with Crippen LogP contribution in [0.2, 0.25) is 0 Å². The van der Waals surface area contributed by atoms with Gasteiger partial charge in [-0.1, -0.05) is 6.07 Å². The van der Waals surface area contributed by atoms with Gasteiger partial charge in [0.05, 0.1) is 0 Å². The molecule has 2 rings (SSSR count). The molecule has 80 valence electrons. The number of amides is 1. The van der Waals surface area contributed by atoms with Crippen LogP contribution in [0.15, 0.2) is 24.3 Å². The first-order valence-corrected chi connectivity index (χ1v) is 6.11. The van der Waals surface area contributed by atoms with Crippen LogP contribution in [-0.4, -0.2) is 25.0 Å². The van der Waals surface area contributed by atoms with Gasteiger partial charge in [-0.25, -0.2) is 0 Å². The lowest BCUT2D eigenvalue weighted by molar-refractivity contribution is 0.0940. The summed E-state index contributed by atoms with van der Waals surface area (Å²) in [5.41, 5.74) is 0.744. The predicted molar refractivity (Wildman–Crippen MR) is 67.9 cm³/mol. The summed E-state index contributed by atoms with van der Waals surface area (Å²) in [6, 6.07) is 7.92. The Morgan fingerprint density at radius 3 is 3.07 bits per heavy atom. The van der Waals surface area contributed by atoms with E-state index in [-0.39, 0.29) is 11.9 Å². The predicted octanol–water partition coefficient (Wildman–Crippen LogP) is 1.38. The highest BCUT2D eigenvalue weighted by atomic mass is 127. The van der Waals surface area contributed by atoms with Crippen LogP contribution in [0.3, 0.4) is 0 Å². The second kappa shape index (κ2) is 4.94. The van der Waals surface area contributed by atoms with Crippen molar-refractivity contribution in [3.63, 3.8) is 0 Å². The van der Waals surface area contributed by atoms with Crippen LogP contribution < -0.4 is 10.6 Å². The maximum absolute atomic E-state index is 11.8. The molecule has 0 saturated carbocycles. The second-order valence-corrected chi connectivity index (χ2v) is 4.92. The SMILES string of the molecule is O=C(N[C@H]1CCNC1)c1cccc(I)c1. The van der Waals surface area contributed by atoms with Crippen LogP contribution in [0, 0.1) is 3.57 Å². The Morgan fingerprint density at radius 2 is 2.40 bits per heavy atom. The minimum Gasteiger partial charge on any atom is -0.348 e. The first-order chi connectivity index (χ1) is 7.25. The number of rotatable bonds is 2. The van der Waals surface area contributed by atoms with Crippen LogP contribution in [0.1, 0.15) is 16.8 Å². The summed E-state index contributed by atoms with van der Waals surface area (Å²) in [4.78, 5) is 11.8. The first kappa shape index (κ1) is 10.9. The molecule has 1 aromatic rings. The molecule has 1 fully saturated rings. The van der Waals surface area contributed by atoms with Gasteiger partial charge in [-0.15, -0.1) is 0 Å². The Labute approximate surface area is 103 Å². The molecule has 1 heterocycles. The fourth-order valence-electron chi connectivity index (χ4n) is 1.68. The smallest absolute Gasteiger partial charge is 0.251 e. The third-order valence-corrected chi connectivity index (χ3v) is 3.15. The van der Waals surface area contributed by atoms with Crippen LogP contribution >= 0.6 is 22.6 Å². The summed E-state index contributed by atoms with van der Waals surface area (Å²) in [6.07, 6.45) is 1.02. The van der Waals surface area contributed by atoms with Gasteiger partial charge in [-0.2, -0.15) is 0 Å². The summed E-state index contributed by atoms with van der Waals surface area (Å²) in [6.45, 7) is 1.88. The van der Waals surface area contributed by atoms with Crippen molar-refractivity contribution in [1.29, 1.82) is 0 Å². The highest BCUT2D eigenvalue weighted by Crippen LogP contribution is 2.08. The molecule has 1 atom stereocenters. The molecule has 1 amide bonds. The molecular formula is C11H13IN2O. The van der Waals surface area contributed by atoms with Gasteiger partial charge in [-0.05, 0) is 53.8 Å². The normalized spacial score (nSPS) is 20.2. The van der Waals surface area contributed by atoms with Gasteiger partial charge in [-0.3, -0.25) is 4.79 Å². The van der Waals surface area contributed by atoms with E-state index in [1.807, 2.05) is 24.3 Å². The molecule has 15 heavy (non-hydrogen) atoms. The largest absolute Gasteiger partial charge is 0.348 e. The van der Waals surface area contributed by atoms with Gasteiger partial charge >= 0.3 is 0 Å². The Bertz CT molecular complexity index is 361. The van der Waals surface area contributed by atoms with Crippen LogP contribution in [0.5, 0.6) is 0 Å². The molecule has 0 aromatic heterocycles. The third kappa shape index (κ3) is 2.92. The quantitative estimate of drug-likeness (QED) is 0.810. The van der Waals surface area contributed by atoms with Gasteiger partial charge < -0.3 is 10.6 Å². The Morgan fingerprint density at radius 1 is 1.53 bits per heavy atom. The molecule has 1 aromatic carbocycles. The van der Waals surface area contributed by atoms with Crippen molar-refractivity contribution in [2.45, 2.75) is 12.5 Å². The van der Waals surface area contributed by atoms with E-state index in [1.165, 1.54) is 0 Å². The highest BCUT2D eigenvalue weighted by Gasteiger charge is 2.17. The molecular weight excluding hydrogens is 303 g/mol. The van der Waals surface area contributed by atoms with Crippen molar-refractivity contribution in [3.05, 3.63) is 33.4 Å². The molecule has 1 aliphatic rings. The van der Waals surface area contributed by atoms with Crippen LogP contribution in [0.4, 0.5) is 0 Å². The van der Waals surface area contributed by atoms with Crippen molar-refractivity contribution in [2.75, 3.05) is 13.1 Å². The molecule has 4 heteroatoms. The molecule has 1 saturated heterocycles. The molecule has 0 radical (unpaired) electrons. The van der Waals surface area contributed by atoms with Crippen LogP contribution in [0.25, 0.3) is 0 Å². The van der Waals surface area contributed by atoms with E-state index in [0.29, 0.717) is 0 Å². The molecule has 0 aliphatic carbocycles. The number of benzene rings is 1. The Kier molecular flexibility index (Phi) is 3.58. The van der Waals surface area contributed by atoms with Gasteiger partial charge in [0.2, 0.25) is 0 Å². The van der Waals surface area contributed by atoms with Crippen LogP contribution in [-0.2, 0) is 0 Å². The zero-order valence-electron chi connectivity index (χ0n) is 8.29. The number of carbonyl (C=O) groups excluding carboxylic acids is 1.